The maximum absolute atomic E-state index is 11.9. The molecule has 0 radical (unpaired) electrons. The highest BCUT2D eigenvalue weighted by atomic mass is 16.4. The van der Waals surface area contributed by atoms with Crippen LogP contribution >= 0.6 is 0 Å². The molecule has 2 rings (SSSR count). The standard InChI is InChI=1S/C13H23N3O3/c1-2-16-8-3-5-10(9-16)14-12(19)15-13(11(17)18)6-4-7-13/h10H,2-9H2,1H3,(H,17,18)(H2,14,15,19). The molecule has 19 heavy (non-hydrogen) atoms. The summed E-state index contributed by atoms with van der Waals surface area (Å²) < 4.78 is 0. The molecule has 1 unspecified atom stereocenters. The van der Waals surface area contributed by atoms with Gasteiger partial charge in [0.25, 0.3) is 0 Å². The van der Waals surface area contributed by atoms with Crippen molar-refractivity contribution < 1.29 is 14.7 Å². The molecule has 6 heteroatoms. The highest BCUT2D eigenvalue weighted by molar-refractivity contribution is 5.87. The molecular weight excluding hydrogens is 246 g/mol. The van der Waals surface area contributed by atoms with Gasteiger partial charge in [0.2, 0.25) is 0 Å². The number of urea groups is 1. The third-order valence-corrected chi connectivity index (χ3v) is 4.26. The van der Waals surface area contributed by atoms with E-state index < -0.39 is 11.5 Å². The van der Waals surface area contributed by atoms with Gasteiger partial charge in [0.1, 0.15) is 5.54 Å². The molecule has 0 aromatic carbocycles. The van der Waals surface area contributed by atoms with Gasteiger partial charge in [0, 0.05) is 12.6 Å². The van der Waals surface area contributed by atoms with Gasteiger partial charge in [-0.2, -0.15) is 0 Å². The quantitative estimate of drug-likeness (QED) is 0.704. The maximum atomic E-state index is 11.9. The molecule has 1 heterocycles. The van der Waals surface area contributed by atoms with Crippen molar-refractivity contribution in [3.63, 3.8) is 0 Å². The van der Waals surface area contributed by atoms with Gasteiger partial charge in [-0.05, 0) is 45.2 Å². The zero-order chi connectivity index (χ0) is 13.9. The van der Waals surface area contributed by atoms with E-state index in [1.807, 2.05) is 0 Å². The van der Waals surface area contributed by atoms with Crippen molar-refractivity contribution in [2.75, 3.05) is 19.6 Å². The number of likely N-dealkylation sites (N-methyl/N-ethyl adjacent to an activating group) is 1. The fraction of sp³-hybridized carbons (Fsp3) is 0.846. The zero-order valence-electron chi connectivity index (χ0n) is 11.4. The first-order valence-electron chi connectivity index (χ1n) is 7.10. The summed E-state index contributed by atoms with van der Waals surface area (Å²) in [6, 6.07) is -0.218. The van der Waals surface area contributed by atoms with Gasteiger partial charge in [0.05, 0.1) is 0 Å². The molecule has 2 amide bonds. The first-order chi connectivity index (χ1) is 9.05. The number of rotatable bonds is 4. The van der Waals surface area contributed by atoms with Crippen molar-refractivity contribution >= 4 is 12.0 Å². The SMILES string of the molecule is CCN1CCCC(NC(=O)NC2(C(=O)O)CCC2)C1. The van der Waals surface area contributed by atoms with E-state index in [0.717, 1.165) is 38.9 Å². The Labute approximate surface area is 113 Å². The molecule has 108 valence electrons. The van der Waals surface area contributed by atoms with E-state index in [9.17, 15) is 9.59 Å². The summed E-state index contributed by atoms with van der Waals surface area (Å²) in [4.78, 5) is 25.4. The summed E-state index contributed by atoms with van der Waals surface area (Å²) in [6.45, 7) is 5.02. The van der Waals surface area contributed by atoms with Crippen LogP contribution < -0.4 is 10.6 Å². The van der Waals surface area contributed by atoms with Crippen LogP contribution in [0.3, 0.4) is 0 Å². The second-order valence-electron chi connectivity index (χ2n) is 5.57. The number of piperidine rings is 1. The highest BCUT2D eigenvalue weighted by Crippen LogP contribution is 2.31. The van der Waals surface area contributed by atoms with Crippen LogP contribution in [0.1, 0.15) is 39.0 Å². The Kier molecular flexibility index (Phi) is 4.29. The number of carboxylic acids is 1. The fourth-order valence-electron chi connectivity index (χ4n) is 2.82. The molecule has 2 aliphatic rings. The molecular formula is C13H23N3O3. The molecule has 2 fully saturated rings. The van der Waals surface area contributed by atoms with Gasteiger partial charge in [-0.3, -0.25) is 0 Å². The molecule has 0 spiro atoms. The third-order valence-electron chi connectivity index (χ3n) is 4.26. The van der Waals surface area contributed by atoms with E-state index in [-0.39, 0.29) is 12.1 Å². The highest BCUT2D eigenvalue weighted by Gasteiger charge is 2.45. The lowest BCUT2D eigenvalue weighted by molar-refractivity contribution is -0.148. The Balaban J connectivity index is 1.82. The Morgan fingerprint density at radius 2 is 2.11 bits per heavy atom. The van der Waals surface area contributed by atoms with Gasteiger partial charge in [-0.15, -0.1) is 0 Å². The monoisotopic (exact) mass is 269 g/mol. The number of carbonyl (C=O) groups excluding carboxylic acids is 1. The molecule has 0 aromatic heterocycles. The second-order valence-corrected chi connectivity index (χ2v) is 5.57. The summed E-state index contributed by atoms with van der Waals surface area (Å²) in [7, 11) is 0. The number of hydrogen-bond donors (Lipinski definition) is 3. The molecule has 6 nitrogen and oxygen atoms in total. The Bertz CT molecular complexity index is 355. The van der Waals surface area contributed by atoms with Gasteiger partial charge in [0.15, 0.2) is 0 Å². The molecule has 1 atom stereocenters. The van der Waals surface area contributed by atoms with Crippen molar-refractivity contribution in [2.24, 2.45) is 0 Å². The van der Waals surface area contributed by atoms with E-state index in [1.54, 1.807) is 0 Å². The van der Waals surface area contributed by atoms with Crippen LogP contribution in [0.25, 0.3) is 0 Å². The molecule has 0 bridgehead atoms. The predicted octanol–water partition coefficient (Wildman–Crippen LogP) is 0.777. The number of carboxylic acid groups (broad SMARTS) is 1. The summed E-state index contributed by atoms with van der Waals surface area (Å²) in [6.07, 6.45) is 3.95. The van der Waals surface area contributed by atoms with Crippen LogP contribution in [0, 0.1) is 0 Å². The molecule has 1 aliphatic heterocycles. The normalized spacial score (nSPS) is 26.3. The van der Waals surface area contributed by atoms with Gasteiger partial charge in [-0.25, -0.2) is 9.59 Å². The van der Waals surface area contributed by atoms with Crippen molar-refractivity contribution in [1.82, 2.24) is 15.5 Å². The lowest BCUT2D eigenvalue weighted by atomic mass is 9.77. The van der Waals surface area contributed by atoms with Crippen molar-refractivity contribution in [2.45, 2.75) is 50.6 Å². The van der Waals surface area contributed by atoms with Crippen molar-refractivity contribution in [3.05, 3.63) is 0 Å². The van der Waals surface area contributed by atoms with Crippen LogP contribution in [-0.2, 0) is 4.79 Å². The van der Waals surface area contributed by atoms with Crippen molar-refractivity contribution in [1.29, 1.82) is 0 Å². The number of nitrogens with one attached hydrogen (secondary N) is 2. The van der Waals surface area contributed by atoms with Gasteiger partial charge < -0.3 is 20.6 Å². The topological polar surface area (TPSA) is 81.7 Å². The van der Waals surface area contributed by atoms with Crippen LogP contribution in [0.4, 0.5) is 4.79 Å². The van der Waals surface area contributed by atoms with E-state index in [2.05, 4.69) is 22.5 Å². The Hall–Kier alpha value is -1.30. The number of amides is 2. The summed E-state index contributed by atoms with van der Waals surface area (Å²) >= 11 is 0. The number of nitrogens with zero attached hydrogens (tertiary/aromatic N) is 1. The van der Waals surface area contributed by atoms with E-state index >= 15 is 0 Å². The average Bonchev–Trinajstić information content (AvgIpc) is 2.33. The number of hydrogen-bond acceptors (Lipinski definition) is 3. The minimum Gasteiger partial charge on any atom is -0.480 e. The molecule has 1 aliphatic carbocycles. The Morgan fingerprint density at radius 3 is 2.63 bits per heavy atom. The predicted molar refractivity (Wildman–Crippen MR) is 71.0 cm³/mol. The number of likely N-dealkylation sites (tertiary alicyclic amines) is 1. The summed E-state index contributed by atoms with van der Waals surface area (Å²) in [5.41, 5.74) is -1.02. The second kappa shape index (κ2) is 5.77. The first-order valence-corrected chi connectivity index (χ1v) is 7.10. The van der Waals surface area contributed by atoms with Crippen LogP contribution in [0.15, 0.2) is 0 Å². The zero-order valence-corrected chi connectivity index (χ0v) is 11.4. The van der Waals surface area contributed by atoms with Gasteiger partial charge in [-0.1, -0.05) is 6.92 Å². The van der Waals surface area contributed by atoms with E-state index in [0.29, 0.717) is 12.8 Å². The summed E-state index contributed by atoms with van der Waals surface area (Å²) in [5, 5.41) is 14.7. The van der Waals surface area contributed by atoms with Crippen molar-refractivity contribution in [3.8, 4) is 0 Å². The van der Waals surface area contributed by atoms with Crippen LogP contribution in [0.2, 0.25) is 0 Å². The molecule has 3 N–H and O–H groups in total. The van der Waals surface area contributed by atoms with E-state index in [4.69, 9.17) is 5.11 Å². The molecule has 1 saturated heterocycles. The molecule has 1 saturated carbocycles. The first kappa shape index (κ1) is 14.1. The lowest BCUT2D eigenvalue weighted by Gasteiger charge is -2.39. The number of carbonyl (C=O) groups is 2. The molecule has 0 aromatic rings. The summed E-state index contributed by atoms with van der Waals surface area (Å²) in [5.74, 6) is -0.923. The lowest BCUT2D eigenvalue weighted by Crippen LogP contribution is -2.62. The van der Waals surface area contributed by atoms with E-state index in [1.165, 1.54) is 0 Å². The van der Waals surface area contributed by atoms with Gasteiger partial charge >= 0.3 is 12.0 Å². The third kappa shape index (κ3) is 3.18. The maximum Gasteiger partial charge on any atom is 0.329 e. The smallest absolute Gasteiger partial charge is 0.329 e. The minimum atomic E-state index is -1.02. The largest absolute Gasteiger partial charge is 0.480 e. The van der Waals surface area contributed by atoms with Crippen LogP contribution in [0.5, 0.6) is 0 Å². The fourth-order valence-corrected chi connectivity index (χ4v) is 2.82. The minimum absolute atomic E-state index is 0.125. The average molecular weight is 269 g/mol. The Morgan fingerprint density at radius 1 is 1.37 bits per heavy atom. The number of aliphatic carboxylic acids is 1. The van der Waals surface area contributed by atoms with Crippen LogP contribution in [-0.4, -0.2) is 53.2 Å².